The minimum atomic E-state index is -4.01. The largest absolute Gasteiger partial charge is 0.481 e. The quantitative estimate of drug-likeness (QED) is 0.739. The summed E-state index contributed by atoms with van der Waals surface area (Å²) in [5, 5.41) is 9.06. The number of hydrogen-bond acceptors (Lipinski definition) is 3. The van der Waals surface area contributed by atoms with Crippen molar-refractivity contribution in [3.63, 3.8) is 0 Å². The zero-order valence-corrected chi connectivity index (χ0v) is 15.2. The third-order valence-corrected chi connectivity index (χ3v) is 5.96. The predicted octanol–water partition coefficient (Wildman–Crippen LogP) is 3.54. The van der Waals surface area contributed by atoms with Crippen molar-refractivity contribution < 1.29 is 18.3 Å². The second kappa shape index (κ2) is 6.83. The number of rotatable bonds is 6. The molecule has 1 aromatic carbocycles. The van der Waals surface area contributed by atoms with E-state index in [1.807, 2.05) is 0 Å². The molecule has 0 aromatic heterocycles. The number of carboxylic acid groups (broad SMARTS) is 1. The molecule has 118 valence electrons. The number of aliphatic carboxylic acids is 1. The van der Waals surface area contributed by atoms with Crippen LogP contribution in [0.15, 0.2) is 21.5 Å². The number of nitrogens with one attached hydrogen (secondary N) is 1. The highest BCUT2D eigenvalue weighted by atomic mass is 79.9. The van der Waals surface area contributed by atoms with Crippen LogP contribution in [0.4, 0.5) is 0 Å². The van der Waals surface area contributed by atoms with Crippen molar-refractivity contribution >= 4 is 55.1 Å². The van der Waals surface area contributed by atoms with Crippen LogP contribution in [0.1, 0.15) is 20.3 Å². The minimum absolute atomic E-state index is 0.0459. The molecule has 5 nitrogen and oxygen atoms in total. The van der Waals surface area contributed by atoms with E-state index >= 15 is 0 Å². The third kappa shape index (κ3) is 4.32. The fraction of sp³-hybridized carbons (Fsp3) is 0.417. The highest BCUT2D eigenvalue weighted by molar-refractivity contribution is 9.10. The molecule has 9 heteroatoms. The molecule has 0 aliphatic rings. The molecule has 1 atom stereocenters. The van der Waals surface area contributed by atoms with Gasteiger partial charge in [0.25, 0.3) is 0 Å². The number of sulfonamides is 1. The summed E-state index contributed by atoms with van der Waals surface area (Å²) in [4.78, 5) is 10.9. The van der Waals surface area contributed by atoms with Crippen molar-refractivity contribution in [1.29, 1.82) is 0 Å². The van der Waals surface area contributed by atoms with E-state index in [1.165, 1.54) is 19.1 Å². The van der Waals surface area contributed by atoms with Gasteiger partial charge in [0.2, 0.25) is 10.0 Å². The van der Waals surface area contributed by atoms with Crippen LogP contribution in [0, 0.1) is 5.41 Å². The molecule has 0 radical (unpaired) electrons. The standard InChI is InChI=1S/C12H14BrCl2NO4S/c1-3-12(2,11(17)18)6-16-21(19,20)10-8(14)4-7(13)5-9(10)15/h4-5,16H,3,6H2,1-2H3,(H,17,18). The van der Waals surface area contributed by atoms with E-state index in [9.17, 15) is 13.2 Å². The van der Waals surface area contributed by atoms with Gasteiger partial charge in [0.1, 0.15) is 4.90 Å². The molecule has 0 heterocycles. The van der Waals surface area contributed by atoms with E-state index in [0.29, 0.717) is 4.47 Å². The van der Waals surface area contributed by atoms with Crippen molar-refractivity contribution in [3.05, 3.63) is 26.7 Å². The summed E-state index contributed by atoms with van der Waals surface area (Å²) in [5.74, 6) is -1.08. The van der Waals surface area contributed by atoms with Crippen LogP contribution in [-0.4, -0.2) is 26.0 Å². The Kier molecular flexibility index (Phi) is 6.08. The molecule has 2 N–H and O–H groups in total. The number of hydrogen-bond donors (Lipinski definition) is 2. The molecule has 0 bridgehead atoms. The maximum absolute atomic E-state index is 12.3. The number of carboxylic acids is 1. The van der Waals surface area contributed by atoms with Gasteiger partial charge in [0.15, 0.2) is 0 Å². The number of carbonyl (C=O) groups is 1. The summed E-state index contributed by atoms with van der Waals surface area (Å²) in [5.41, 5.74) is -1.21. The van der Waals surface area contributed by atoms with Crippen LogP contribution < -0.4 is 4.72 Å². The summed E-state index contributed by atoms with van der Waals surface area (Å²) < 4.78 is 27.4. The summed E-state index contributed by atoms with van der Waals surface area (Å²) in [6.07, 6.45) is 0.270. The monoisotopic (exact) mass is 417 g/mol. The Morgan fingerprint density at radius 3 is 2.24 bits per heavy atom. The zero-order valence-electron chi connectivity index (χ0n) is 11.3. The number of benzene rings is 1. The molecule has 0 aliphatic carbocycles. The Morgan fingerprint density at radius 1 is 1.38 bits per heavy atom. The Hall–Kier alpha value is -0.340. The van der Waals surface area contributed by atoms with Crippen LogP contribution in [-0.2, 0) is 14.8 Å². The van der Waals surface area contributed by atoms with Gasteiger partial charge >= 0.3 is 5.97 Å². The molecular weight excluding hydrogens is 405 g/mol. The minimum Gasteiger partial charge on any atom is -0.481 e. The van der Waals surface area contributed by atoms with Crippen molar-refractivity contribution in [1.82, 2.24) is 4.72 Å². The van der Waals surface area contributed by atoms with Gasteiger partial charge in [-0.15, -0.1) is 0 Å². The SMILES string of the molecule is CCC(C)(CNS(=O)(=O)c1c(Cl)cc(Br)cc1Cl)C(=O)O. The first-order valence-corrected chi connectivity index (χ1v) is 8.94. The first-order chi connectivity index (χ1) is 9.53. The number of halogens is 3. The van der Waals surface area contributed by atoms with Gasteiger partial charge in [-0.05, 0) is 25.5 Å². The lowest BCUT2D eigenvalue weighted by molar-refractivity contribution is -0.147. The van der Waals surface area contributed by atoms with Crippen molar-refractivity contribution in [2.45, 2.75) is 25.2 Å². The van der Waals surface area contributed by atoms with Gasteiger partial charge in [0, 0.05) is 11.0 Å². The maximum Gasteiger partial charge on any atom is 0.310 e. The fourth-order valence-corrected chi connectivity index (χ4v) is 4.57. The molecule has 0 amide bonds. The van der Waals surface area contributed by atoms with Crippen molar-refractivity contribution in [2.24, 2.45) is 5.41 Å². The van der Waals surface area contributed by atoms with Crippen molar-refractivity contribution in [2.75, 3.05) is 6.54 Å². The molecule has 1 rings (SSSR count). The molecule has 21 heavy (non-hydrogen) atoms. The van der Waals surface area contributed by atoms with Crippen LogP contribution in [0.3, 0.4) is 0 Å². The molecule has 0 spiro atoms. The van der Waals surface area contributed by atoms with Gasteiger partial charge in [-0.3, -0.25) is 4.79 Å². The lowest BCUT2D eigenvalue weighted by atomic mass is 9.88. The van der Waals surface area contributed by atoms with Crippen LogP contribution >= 0.6 is 39.1 Å². The summed E-state index contributed by atoms with van der Waals surface area (Å²) in [7, 11) is -4.01. The molecule has 0 aliphatic heterocycles. The molecule has 0 saturated heterocycles. The zero-order chi connectivity index (χ0) is 16.4. The van der Waals surface area contributed by atoms with Crippen LogP contribution in [0.5, 0.6) is 0 Å². The van der Waals surface area contributed by atoms with Gasteiger partial charge in [0.05, 0.1) is 15.5 Å². The van der Waals surface area contributed by atoms with Gasteiger partial charge in [-0.2, -0.15) is 0 Å². The average Bonchev–Trinajstić information content (AvgIpc) is 2.34. The summed E-state index contributed by atoms with van der Waals surface area (Å²) in [6, 6.07) is 2.80. The van der Waals surface area contributed by atoms with Crippen molar-refractivity contribution in [3.8, 4) is 0 Å². The fourth-order valence-electron chi connectivity index (χ4n) is 1.46. The topological polar surface area (TPSA) is 83.5 Å². The van der Waals surface area contributed by atoms with E-state index in [0.717, 1.165) is 0 Å². The van der Waals surface area contributed by atoms with E-state index in [1.54, 1.807) is 6.92 Å². The lowest BCUT2D eigenvalue weighted by Gasteiger charge is -2.23. The highest BCUT2D eigenvalue weighted by Gasteiger charge is 2.33. The Labute approximate surface area is 141 Å². The van der Waals surface area contributed by atoms with E-state index < -0.39 is 21.4 Å². The smallest absolute Gasteiger partial charge is 0.310 e. The highest BCUT2D eigenvalue weighted by Crippen LogP contribution is 2.33. The normalized spacial score (nSPS) is 14.7. The van der Waals surface area contributed by atoms with Gasteiger partial charge in [-0.25, -0.2) is 13.1 Å². The van der Waals surface area contributed by atoms with E-state index in [-0.39, 0.29) is 27.9 Å². The summed E-state index contributed by atoms with van der Waals surface area (Å²) >= 11 is 15.0. The lowest BCUT2D eigenvalue weighted by Crippen LogP contribution is -2.40. The second-order valence-corrected chi connectivity index (χ2v) is 8.18. The Bertz CT molecular complexity index is 642. The molecule has 0 saturated carbocycles. The van der Waals surface area contributed by atoms with E-state index in [2.05, 4.69) is 20.7 Å². The van der Waals surface area contributed by atoms with Gasteiger partial charge < -0.3 is 5.11 Å². The Balaban J connectivity index is 3.12. The molecule has 0 fully saturated rings. The summed E-state index contributed by atoms with van der Waals surface area (Å²) in [6.45, 7) is 2.87. The van der Waals surface area contributed by atoms with Crippen LogP contribution in [0.2, 0.25) is 10.0 Å². The molecule has 1 aromatic rings. The molecular formula is C12H14BrCl2NO4S. The first-order valence-electron chi connectivity index (χ1n) is 5.91. The molecule has 1 unspecified atom stereocenters. The second-order valence-electron chi connectivity index (χ2n) is 4.74. The van der Waals surface area contributed by atoms with Crippen LogP contribution in [0.25, 0.3) is 0 Å². The Morgan fingerprint density at radius 2 is 1.86 bits per heavy atom. The van der Waals surface area contributed by atoms with Gasteiger partial charge in [-0.1, -0.05) is 46.1 Å². The van der Waals surface area contributed by atoms with E-state index in [4.69, 9.17) is 28.3 Å². The third-order valence-electron chi connectivity index (χ3n) is 3.18. The first kappa shape index (κ1) is 18.7. The average molecular weight is 419 g/mol. The maximum atomic E-state index is 12.3. The predicted molar refractivity (Wildman–Crippen MR) is 85.4 cm³/mol.